The number of hydrogen-bond acceptors (Lipinski definition) is 6. The smallest absolute Gasteiger partial charge is 0.391 e. The lowest BCUT2D eigenvalue weighted by Crippen LogP contribution is -2.35. The Kier molecular flexibility index (Phi) is 8.04. The summed E-state index contributed by atoms with van der Waals surface area (Å²) in [6, 6.07) is 4.75. The summed E-state index contributed by atoms with van der Waals surface area (Å²) in [5.41, 5.74) is 1.45. The minimum atomic E-state index is -4.10. The number of hydrogen-bond donors (Lipinski definition) is 1. The Morgan fingerprint density at radius 1 is 1.22 bits per heavy atom. The van der Waals surface area contributed by atoms with E-state index in [4.69, 9.17) is 4.42 Å². The maximum absolute atomic E-state index is 13.0. The molecular weight excluding hydrogens is 507 g/mol. The van der Waals surface area contributed by atoms with Gasteiger partial charge in [-0.15, -0.1) is 0 Å². The Hall–Kier alpha value is -2.40. The van der Waals surface area contributed by atoms with Crippen LogP contribution in [0.15, 0.2) is 33.7 Å². The quantitative estimate of drug-likeness (QED) is 0.489. The average molecular weight is 542 g/mol. The maximum atomic E-state index is 13.0. The fourth-order valence-corrected chi connectivity index (χ4v) is 6.26. The number of nitrogens with zero attached hydrogens (tertiary/aromatic N) is 2. The fraction of sp³-hybridized carbons (Fsp3) is 0.615. The van der Waals surface area contributed by atoms with Gasteiger partial charge in [0, 0.05) is 24.8 Å². The number of amides is 1. The molecule has 0 saturated heterocycles. The first-order chi connectivity index (χ1) is 17.4. The third-order valence-corrected chi connectivity index (χ3v) is 9.22. The van der Waals surface area contributed by atoms with Crippen LogP contribution < -0.4 is 5.32 Å². The summed E-state index contributed by atoms with van der Waals surface area (Å²) in [6.07, 6.45) is -1.30. The van der Waals surface area contributed by atoms with Crippen LogP contribution in [0.1, 0.15) is 80.1 Å². The van der Waals surface area contributed by atoms with Crippen molar-refractivity contribution in [3.05, 3.63) is 47.2 Å². The molecule has 3 heterocycles. The topological polar surface area (TPSA) is 92.5 Å². The van der Waals surface area contributed by atoms with Gasteiger partial charge in [0.2, 0.25) is 0 Å². The predicted molar refractivity (Wildman–Crippen MR) is 131 cm³/mol. The molecule has 1 amide bonds. The number of rotatable bonds is 8. The van der Waals surface area contributed by atoms with Crippen LogP contribution in [-0.4, -0.2) is 42.7 Å². The van der Waals surface area contributed by atoms with Crippen LogP contribution in [0.5, 0.6) is 0 Å². The van der Waals surface area contributed by atoms with E-state index in [1.54, 1.807) is 19.1 Å². The summed E-state index contributed by atoms with van der Waals surface area (Å²) < 4.78 is 68.9. The van der Waals surface area contributed by atoms with Crippen LogP contribution in [0.3, 0.4) is 0 Å². The molecule has 1 saturated carbocycles. The first-order valence-corrected chi connectivity index (χ1v) is 14.4. The van der Waals surface area contributed by atoms with E-state index in [0.29, 0.717) is 31.6 Å². The van der Waals surface area contributed by atoms with E-state index < -0.39 is 21.9 Å². The van der Waals surface area contributed by atoms with Crippen molar-refractivity contribution in [1.82, 2.24) is 15.2 Å². The zero-order chi connectivity index (χ0) is 27.0. The molecule has 1 aliphatic carbocycles. The van der Waals surface area contributed by atoms with Gasteiger partial charge >= 0.3 is 6.18 Å². The molecule has 0 unspecified atom stereocenters. The van der Waals surface area contributed by atoms with E-state index in [1.807, 2.05) is 0 Å². The van der Waals surface area contributed by atoms with Crippen molar-refractivity contribution in [3.8, 4) is 0 Å². The molecule has 1 N–H and O–H groups in total. The second-order valence-corrected chi connectivity index (χ2v) is 12.7. The van der Waals surface area contributed by atoms with Crippen molar-refractivity contribution < 1.29 is 30.8 Å². The normalized spacial score (nSPS) is 22.8. The Balaban J connectivity index is 1.36. The van der Waals surface area contributed by atoms with E-state index in [1.165, 1.54) is 12.3 Å². The molecule has 0 radical (unpaired) electrons. The van der Waals surface area contributed by atoms with Crippen LogP contribution in [0.2, 0.25) is 0 Å². The molecule has 11 heteroatoms. The number of nitrogens with one attached hydrogen (secondary N) is 1. The molecule has 1 atom stereocenters. The SMILES string of the molecule is CCS(=O)(=O)c1ccc(CNC(=O)c2cc3c(o2)[C@@H](C(C)C)N(C[C@H]2CC[C@H](C(F)(F)F)CC2)C3)nc1. The Bertz CT molecular complexity index is 1200. The first-order valence-electron chi connectivity index (χ1n) is 12.8. The number of carbonyl (C=O) groups excluding carboxylic acids is 1. The largest absolute Gasteiger partial charge is 0.454 e. The number of alkyl halides is 3. The second kappa shape index (κ2) is 10.8. The van der Waals surface area contributed by atoms with Crippen molar-refractivity contribution >= 4 is 15.7 Å². The van der Waals surface area contributed by atoms with Gasteiger partial charge in [0.1, 0.15) is 5.76 Å². The highest BCUT2D eigenvalue weighted by Gasteiger charge is 2.43. The van der Waals surface area contributed by atoms with Crippen molar-refractivity contribution in [3.63, 3.8) is 0 Å². The van der Waals surface area contributed by atoms with Crippen LogP contribution in [-0.2, 0) is 22.9 Å². The van der Waals surface area contributed by atoms with Crippen molar-refractivity contribution in [2.24, 2.45) is 17.8 Å². The van der Waals surface area contributed by atoms with Gasteiger partial charge in [0.25, 0.3) is 5.91 Å². The average Bonchev–Trinajstić information content (AvgIpc) is 3.40. The number of pyridine rings is 1. The zero-order valence-electron chi connectivity index (χ0n) is 21.3. The monoisotopic (exact) mass is 541 g/mol. The number of sulfone groups is 1. The Labute approximate surface area is 215 Å². The molecule has 0 spiro atoms. The van der Waals surface area contributed by atoms with Gasteiger partial charge in [-0.1, -0.05) is 20.8 Å². The first kappa shape index (κ1) is 27.6. The number of carbonyl (C=O) groups is 1. The van der Waals surface area contributed by atoms with E-state index in [2.05, 4.69) is 29.0 Å². The molecule has 7 nitrogen and oxygen atoms in total. The minimum Gasteiger partial charge on any atom is -0.454 e. The molecule has 1 aliphatic heterocycles. The van der Waals surface area contributed by atoms with E-state index in [9.17, 15) is 26.4 Å². The molecule has 2 aliphatic rings. The van der Waals surface area contributed by atoms with Crippen LogP contribution in [0.25, 0.3) is 0 Å². The molecule has 0 aromatic carbocycles. The highest BCUT2D eigenvalue weighted by molar-refractivity contribution is 7.91. The van der Waals surface area contributed by atoms with Gasteiger partial charge in [-0.05, 0) is 55.7 Å². The van der Waals surface area contributed by atoms with Crippen molar-refractivity contribution in [2.45, 2.75) is 76.7 Å². The van der Waals surface area contributed by atoms with E-state index in [0.717, 1.165) is 11.3 Å². The minimum absolute atomic E-state index is 0.0120. The summed E-state index contributed by atoms with van der Waals surface area (Å²) in [5.74, 6) is -0.212. The summed E-state index contributed by atoms with van der Waals surface area (Å²) in [7, 11) is -3.34. The van der Waals surface area contributed by atoms with Crippen molar-refractivity contribution in [2.75, 3.05) is 12.3 Å². The number of aromatic nitrogens is 1. The molecule has 0 bridgehead atoms. The predicted octanol–water partition coefficient (Wildman–Crippen LogP) is 5.28. The lowest BCUT2D eigenvalue weighted by Gasteiger charge is -2.35. The summed E-state index contributed by atoms with van der Waals surface area (Å²) >= 11 is 0. The molecule has 2 aromatic rings. The van der Waals surface area contributed by atoms with E-state index >= 15 is 0 Å². The number of halogens is 3. The number of fused-ring (bicyclic) bond motifs is 1. The summed E-state index contributed by atoms with van der Waals surface area (Å²) in [5, 5.41) is 2.76. The van der Waals surface area contributed by atoms with Crippen LogP contribution in [0, 0.1) is 17.8 Å². The van der Waals surface area contributed by atoms with Crippen molar-refractivity contribution in [1.29, 1.82) is 0 Å². The lowest BCUT2D eigenvalue weighted by molar-refractivity contribution is -0.184. The Morgan fingerprint density at radius 3 is 2.49 bits per heavy atom. The second-order valence-electron chi connectivity index (χ2n) is 10.4. The molecular formula is C26H34F3N3O4S. The molecule has 204 valence electrons. The summed E-state index contributed by atoms with van der Waals surface area (Å²) in [4.78, 5) is 19.3. The lowest BCUT2D eigenvalue weighted by atomic mass is 9.81. The standard InChI is InChI=1S/C26H34F3N3O4S/c1-4-37(34,35)21-10-9-20(30-13-21)12-31-25(33)22-11-18-15-32(23(16(2)3)24(18)36-22)14-17-5-7-19(8-6-17)26(27,28)29/h9-11,13,16-17,19,23H,4-8,12,14-15H2,1-3H3,(H,31,33)/t17-,19-,23-/m1/s1. The molecule has 4 rings (SSSR count). The molecule has 37 heavy (non-hydrogen) atoms. The summed E-state index contributed by atoms with van der Waals surface area (Å²) in [6.45, 7) is 7.15. The van der Waals surface area contributed by atoms with Gasteiger partial charge in [-0.2, -0.15) is 13.2 Å². The van der Waals surface area contributed by atoms with Gasteiger partial charge in [0.05, 0.1) is 34.8 Å². The Morgan fingerprint density at radius 2 is 1.92 bits per heavy atom. The maximum Gasteiger partial charge on any atom is 0.391 e. The van der Waals surface area contributed by atoms with Gasteiger partial charge in [0.15, 0.2) is 15.6 Å². The third-order valence-electron chi connectivity index (χ3n) is 7.50. The van der Waals surface area contributed by atoms with Gasteiger partial charge < -0.3 is 9.73 Å². The van der Waals surface area contributed by atoms with E-state index in [-0.39, 0.29) is 59.6 Å². The zero-order valence-corrected chi connectivity index (χ0v) is 22.2. The highest BCUT2D eigenvalue weighted by Crippen LogP contribution is 2.44. The van der Waals surface area contributed by atoms with Crippen LogP contribution in [0.4, 0.5) is 13.2 Å². The molecule has 1 fully saturated rings. The molecule has 2 aromatic heterocycles. The highest BCUT2D eigenvalue weighted by atomic mass is 32.2. The van der Waals surface area contributed by atoms with Gasteiger partial charge in [-0.3, -0.25) is 14.7 Å². The third kappa shape index (κ3) is 6.19. The van der Waals surface area contributed by atoms with Gasteiger partial charge in [-0.25, -0.2) is 8.42 Å². The van der Waals surface area contributed by atoms with Crippen LogP contribution >= 0.6 is 0 Å². The fourth-order valence-electron chi connectivity index (χ4n) is 5.44. The number of furan rings is 1.